The molecule has 6 nitrogen and oxygen atoms in total. The van der Waals surface area contributed by atoms with E-state index in [0.29, 0.717) is 16.5 Å². The highest BCUT2D eigenvalue weighted by Gasteiger charge is 2.31. The highest BCUT2D eigenvalue weighted by molar-refractivity contribution is 7.89. The van der Waals surface area contributed by atoms with Gasteiger partial charge < -0.3 is 14.1 Å². The number of hydrogen-bond acceptors (Lipinski definition) is 5. The average molecular weight is 441 g/mol. The van der Waals surface area contributed by atoms with Gasteiger partial charge in [-0.25, -0.2) is 8.42 Å². The van der Waals surface area contributed by atoms with E-state index in [4.69, 9.17) is 4.42 Å². The van der Waals surface area contributed by atoms with E-state index in [1.54, 1.807) is 24.3 Å². The minimum absolute atomic E-state index is 0.0699. The molecule has 1 amide bonds. The van der Waals surface area contributed by atoms with E-state index >= 15 is 0 Å². The van der Waals surface area contributed by atoms with Gasteiger partial charge in [0.15, 0.2) is 15.6 Å². The van der Waals surface area contributed by atoms with Crippen molar-refractivity contribution in [2.75, 3.05) is 13.3 Å². The summed E-state index contributed by atoms with van der Waals surface area (Å²) in [5, 5.41) is 0.535. The van der Waals surface area contributed by atoms with Gasteiger partial charge in [0.25, 0.3) is 5.91 Å². The molecule has 1 aromatic heterocycles. The van der Waals surface area contributed by atoms with Crippen LogP contribution in [-0.4, -0.2) is 38.9 Å². The van der Waals surface area contributed by atoms with Crippen molar-refractivity contribution in [2.24, 2.45) is 0 Å². The smallest absolute Gasteiger partial charge is 0.451 e. The second-order valence-electron chi connectivity index (χ2n) is 6.83. The fourth-order valence-corrected chi connectivity index (χ4v) is 3.80. The number of sulfone groups is 1. The molecule has 2 aromatic carbocycles. The number of ether oxygens (including phenoxy) is 1. The molecule has 0 aliphatic carbocycles. The minimum atomic E-state index is -4.79. The number of alkyl halides is 3. The van der Waals surface area contributed by atoms with Crippen LogP contribution >= 0.6 is 0 Å². The zero-order valence-corrected chi connectivity index (χ0v) is 16.9. The standard InChI is InChI=1S/C20H18F3NO5S/c1-24(11-13-7-9-14(10-8-13)29-20(21,22)23)19(25)18-16(12-30(2,26)27)15-5-3-4-6-17(15)28-18/h3-10H,11-12H2,1-2H3. The van der Waals surface area contributed by atoms with Crippen molar-refractivity contribution in [3.05, 3.63) is 65.4 Å². The molecule has 3 aromatic rings. The number of furan rings is 1. The predicted octanol–water partition coefficient (Wildman–Crippen LogP) is 4.15. The molecule has 0 bridgehead atoms. The van der Waals surface area contributed by atoms with Crippen molar-refractivity contribution in [3.63, 3.8) is 0 Å². The summed E-state index contributed by atoms with van der Waals surface area (Å²) in [6.45, 7) is 0.0699. The van der Waals surface area contributed by atoms with Gasteiger partial charge in [0.2, 0.25) is 0 Å². The second kappa shape index (κ2) is 8.02. The SMILES string of the molecule is CN(Cc1ccc(OC(F)(F)F)cc1)C(=O)c1oc2ccccc2c1CS(C)(=O)=O. The lowest BCUT2D eigenvalue weighted by Gasteiger charge is -2.17. The van der Waals surface area contributed by atoms with Crippen LogP contribution in [0, 0.1) is 0 Å². The number of fused-ring (bicyclic) bond motifs is 1. The van der Waals surface area contributed by atoms with Crippen molar-refractivity contribution in [1.29, 1.82) is 0 Å². The lowest BCUT2D eigenvalue weighted by Crippen LogP contribution is -2.27. The quantitative estimate of drug-likeness (QED) is 0.575. The molecule has 0 aliphatic rings. The molecular formula is C20H18F3NO5S. The highest BCUT2D eigenvalue weighted by Crippen LogP contribution is 2.29. The molecule has 0 radical (unpaired) electrons. The molecule has 0 atom stereocenters. The summed E-state index contributed by atoms with van der Waals surface area (Å²) in [5.74, 6) is -1.35. The molecule has 0 saturated carbocycles. The Morgan fingerprint density at radius 3 is 2.33 bits per heavy atom. The van der Waals surface area contributed by atoms with Crippen LogP contribution < -0.4 is 4.74 Å². The Hall–Kier alpha value is -3.01. The van der Waals surface area contributed by atoms with Crippen LogP contribution in [0.1, 0.15) is 21.7 Å². The third kappa shape index (κ3) is 5.32. The first-order valence-corrected chi connectivity index (χ1v) is 10.8. The Kier molecular flexibility index (Phi) is 5.80. The van der Waals surface area contributed by atoms with E-state index in [0.717, 1.165) is 18.4 Å². The number of carbonyl (C=O) groups excluding carboxylic acids is 1. The van der Waals surface area contributed by atoms with Gasteiger partial charge in [0, 0.05) is 30.8 Å². The fraction of sp³-hybridized carbons (Fsp3) is 0.250. The Balaban J connectivity index is 1.84. The second-order valence-corrected chi connectivity index (χ2v) is 8.97. The van der Waals surface area contributed by atoms with Gasteiger partial charge in [-0.05, 0) is 23.8 Å². The van der Waals surface area contributed by atoms with Gasteiger partial charge in [0.05, 0.1) is 5.75 Å². The summed E-state index contributed by atoms with van der Waals surface area (Å²) in [6.07, 6.45) is -3.72. The monoisotopic (exact) mass is 441 g/mol. The molecule has 30 heavy (non-hydrogen) atoms. The van der Waals surface area contributed by atoms with Crippen LogP contribution in [0.2, 0.25) is 0 Å². The van der Waals surface area contributed by atoms with Crippen LogP contribution in [-0.2, 0) is 22.1 Å². The molecule has 0 saturated heterocycles. The number of amides is 1. The summed E-state index contributed by atoms with van der Waals surface area (Å²) in [7, 11) is -1.95. The number of carbonyl (C=O) groups is 1. The number of halogens is 3. The fourth-order valence-electron chi connectivity index (χ4n) is 2.99. The molecule has 1 heterocycles. The minimum Gasteiger partial charge on any atom is -0.451 e. The summed E-state index contributed by atoms with van der Waals surface area (Å²) in [5.41, 5.74) is 1.22. The lowest BCUT2D eigenvalue weighted by atomic mass is 10.1. The normalized spacial score (nSPS) is 12.2. The molecular weight excluding hydrogens is 423 g/mol. The third-order valence-corrected chi connectivity index (χ3v) is 5.04. The molecule has 0 fully saturated rings. The maximum absolute atomic E-state index is 12.9. The number of para-hydroxylation sites is 1. The van der Waals surface area contributed by atoms with Gasteiger partial charge in [-0.2, -0.15) is 0 Å². The number of nitrogens with zero attached hydrogens (tertiary/aromatic N) is 1. The van der Waals surface area contributed by atoms with E-state index < -0.39 is 22.1 Å². The van der Waals surface area contributed by atoms with E-state index in [2.05, 4.69) is 4.74 Å². The zero-order valence-electron chi connectivity index (χ0n) is 16.1. The molecule has 0 aliphatic heterocycles. The average Bonchev–Trinajstić information content (AvgIpc) is 2.98. The highest BCUT2D eigenvalue weighted by atomic mass is 32.2. The Morgan fingerprint density at radius 1 is 1.10 bits per heavy atom. The van der Waals surface area contributed by atoms with Crippen molar-refractivity contribution >= 4 is 26.7 Å². The molecule has 10 heteroatoms. The summed E-state index contributed by atoms with van der Waals surface area (Å²) < 4.78 is 69.9. The van der Waals surface area contributed by atoms with Crippen molar-refractivity contribution in [3.8, 4) is 5.75 Å². The van der Waals surface area contributed by atoms with Crippen LogP contribution in [0.25, 0.3) is 11.0 Å². The number of hydrogen-bond donors (Lipinski definition) is 0. The van der Waals surface area contributed by atoms with Crippen LogP contribution in [0.15, 0.2) is 52.9 Å². The zero-order chi connectivity index (χ0) is 22.1. The van der Waals surface area contributed by atoms with E-state index in [9.17, 15) is 26.4 Å². The van der Waals surface area contributed by atoms with Crippen LogP contribution in [0.5, 0.6) is 5.75 Å². The summed E-state index contributed by atoms with van der Waals surface area (Å²) >= 11 is 0. The predicted molar refractivity (Wildman–Crippen MR) is 104 cm³/mol. The first-order chi connectivity index (χ1) is 13.9. The lowest BCUT2D eigenvalue weighted by molar-refractivity contribution is -0.274. The molecule has 3 rings (SSSR count). The van der Waals surface area contributed by atoms with Crippen LogP contribution in [0.3, 0.4) is 0 Å². The number of rotatable bonds is 6. The first kappa shape index (κ1) is 21.7. The van der Waals surface area contributed by atoms with Gasteiger partial charge in [-0.3, -0.25) is 4.79 Å². The molecule has 0 spiro atoms. The topological polar surface area (TPSA) is 76.8 Å². The van der Waals surface area contributed by atoms with Crippen molar-refractivity contribution in [2.45, 2.75) is 18.7 Å². The molecule has 0 N–H and O–H groups in total. The van der Waals surface area contributed by atoms with Crippen molar-refractivity contribution in [1.82, 2.24) is 4.90 Å². The van der Waals surface area contributed by atoms with E-state index in [1.807, 2.05) is 0 Å². The first-order valence-electron chi connectivity index (χ1n) is 8.71. The van der Waals surface area contributed by atoms with E-state index in [1.165, 1.54) is 24.1 Å². The van der Waals surface area contributed by atoms with Crippen LogP contribution in [0.4, 0.5) is 13.2 Å². The Morgan fingerprint density at radius 2 is 1.73 bits per heavy atom. The van der Waals surface area contributed by atoms with Gasteiger partial charge >= 0.3 is 6.36 Å². The maximum Gasteiger partial charge on any atom is 0.573 e. The third-order valence-electron chi connectivity index (χ3n) is 4.22. The largest absolute Gasteiger partial charge is 0.573 e. The van der Waals surface area contributed by atoms with Crippen molar-refractivity contribution < 1.29 is 35.5 Å². The van der Waals surface area contributed by atoms with Gasteiger partial charge in [-0.1, -0.05) is 30.3 Å². The summed E-state index contributed by atoms with van der Waals surface area (Å²) in [6, 6.07) is 11.8. The van der Waals surface area contributed by atoms with Gasteiger partial charge in [-0.15, -0.1) is 13.2 Å². The summed E-state index contributed by atoms with van der Waals surface area (Å²) in [4.78, 5) is 14.2. The molecule has 160 valence electrons. The van der Waals surface area contributed by atoms with Gasteiger partial charge in [0.1, 0.15) is 11.3 Å². The van der Waals surface area contributed by atoms with E-state index in [-0.39, 0.29) is 29.4 Å². The maximum atomic E-state index is 12.9. The molecule has 0 unspecified atom stereocenters. The number of benzene rings is 2. The Labute approximate surface area is 170 Å². The Bertz CT molecular complexity index is 1170.